The normalized spacial score (nSPS) is 20.5. The lowest BCUT2D eigenvalue weighted by atomic mass is 9.91. The summed E-state index contributed by atoms with van der Waals surface area (Å²) in [6.07, 6.45) is 2.36. The summed E-state index contributed by atoms with van der Waals surface area (Å²) in [4.78, 5) is 2.47. The van der Waals surface area contributed by atoms with Crippen LogP contribution in [0.25, 0.3) is 0 Å². The highest BCUT2D eigenvalue weighted by molar-refractivity contribution is 5.55. The van der Waals surface area contributed by atoms with Gasteiger partial charge in [0.25, 0.3) is 0 Å². The molecule has 1 aromatic rings. The number of hydrogen-bond acceptors (Lipinski definition) is 5. The molecule has 0 aliphatic carbocycles. The molecule has 21 heavy (non-hydrogen) atoms. The molecule has 2 N–H and O–H groups in total. The molecule has 116 valence electrons. The summed E-state index contributed by atoms with van der Waals surface area (Å²) in [6, 6.07) is 4.41. The first-order valence-corrected chi connectivity index (χ1v) is 7.62. The summed E-state index contributed by atoms with van der Waals surface area (Å²) < 4.78 is 16.3. The molecule has 1 aromatic carbocycles. The quantitative estimate of drug-likeness (QED) is 0.919. The molecule has 1 atom stereocenters. The van der Waals surface area contributed by atoms with Crippen LogP contribution in [0.5, 0.6) is 17.2 Å². The van der Waals surface area contributed by atoms with Crippen molar-refractivity contribution in [1.82, 2.24) is 4.90 Å². The van der Waals surface area contributed by atoms with Crippen molar-refractivity contribution in [3.63, 3.8) is 0 Å². The van der Waals surface area contributed by atoms with Gasteiger partial charge in [-0.2, -0.15) is 0 Å². The molecule has 2 heterocycles. The van der Waals surface area contributed by atoms with Crippen molar-refractivity contribution < 1.29 is 14.2 Å². The second-order valence-electron chi connectivity index (χ2n) is 6.00. The minimum Gasteiger partial charge on any atom is -0.493 e. The predicted octanol–water partition coefficient (Wildman–Crippen LogP) is 1.98. The molecule has 0 saturated carbocycles. The topological polar surface area (TPSA) is 57.0 Å². The van der Waals surface area contributed by atoms with Gasteiger partial charge in [0.2, 0.25) is 12.5 Å². The standard InChI is InChI=1S/C16H24N2O3/c1-11(17)13-3-5-18(6-4-13)9-12-7-14(19-2)16-15(8-12)20-10-21-16/h7-8,11,13H,3-6,9-10,17H2,1-2H3. The van der Waals surface area contributed by atoms with E-state index >= 15 is 0 Å². The van der Waals surface area contributed by atoms with Crippen LogP contribution in [0.2, 0.25) is 0 Å². The van der Waals surface area contributed by atoms with Crippen LogP contribution in [0.1, 0.15) is 25.3 Å². The fourth-order valence-electron chi connectivity index (χ4n) is 3.17. The van der Waals surface area contributed by atoms with Crippen molar-refractivity contribution >= 4 is 0 Å². The third-order valence-corrected chi connectivity index (χ3v) is 4.50. The van der Waals surface area contributed by atoms with Gasteiger partial charge in [-0.3, -0.25) is 4.90 Å². The van der Waals surface area contributed by atoms with Crippen LogP contribution in [0, 0.1) is 5.92 Å². The molecule has 0 spiro atoms. The maximum absolute atomic E-state index is 6.00. The van der Waals surface area contributed by atoms with Gasteiger partial charge >= 0.3 is 0 Å². The molecule has 5 nitrogen and oxygen atoms in total. The number of hydrogen-bond donors (Lipinski definition) is 1. The highest BCUT2D eigenvalue weighted by Gasteiger charge is 2.24. The highest BCUT2D eigenvalue weighted by Crippen LogP contribution is 2.42. The summed E-state index contributed by atoms with van der Waals surface area (Å²) in [5.74, 6) is 2.92. The van der Waals surface area contributed by atoms with E-state index in [9.17, 15) is 0 Å². The molecular formula is C16H24N2O3. The molecule has 2 aliphatic rings. The number of fused-ring (bicyclic) bond motifs is 1. The second-order valence-corrected chi connectivity index (χ2v) is 6.00. The van der Waals surface area contributed by atoms with Crippen molar-refractivity contribution in [2.45, 2.75) is 32.4 Å². The van der Waals surface area contributed by atoms with Gasteiger partial charge in [-0.1, -0.05) is 0 Å². The van der Waals surface area contributed by atoms with Gasteiger partial charge in [0, 0.05) is 12.6 Å². The van der Waals surface area contributed by atoms with E-state index in [1.807, 2.05) is 6.07 Å². The third kappa shape index (κ3) is 3.09. The number of nitrogens with zero attached hydrogens (tertiary/aromatic N) is 1. The second kappa shape index (κ2) is 6.12. The van der Waals surface area contributed by atoms with E-state index in [1.165, 1.54) is 18.4 Å². The van der Waals surface area contributed by atoms with Gasteiger partial charge in [-0.15, -0.1) is 0 Å². The molecule has 0 bridgehead atoms. The van der Waals surface area contributed by atoms with Gasteiger partial charge in [0.1, 0.15) is 0 Å². The van der Waals surface area contributed by atoms with Crippen molar-refractivity contribution in [1.29, 1.82) is 0 Å². The average Bonchev–Trinajstić information content (AvgIpc) is 2.95. The first kappa shape index (κ1) is 14.5. The largest absolute Gasteiger partial charge is 0.493 e. The molecule has 0 amide bonds. The summed E-state index contributed by atoms with van der Waals surface area (Å²) in [5.41, 5.74) is 7.20. The number of rotatable bonds is 4. The van der Waals surface area contributed by atoms with Crippen LogP contribution in [0.3, 0.4) is 0 Å². The smallest absolute Gasteiger partial charge is 0.231 e. The number of nitrogens with two attached hydrogens (primary N) is 1. The average molecular weight is 292 g/mol. The maximum atomic E-state index is 6.00. The van der Waals surface area contributed by atoms with Crippen LogP contribution < -0.4 is 19.9 Å². The van der Waals surface area contributed by atoms with Gasteiger partial charge in [0.15, 0.2) is 11.5 Å². The lowest BCUT2D eigenvalue weighted by molar-refractivity contribution is 0.165. The van der Waals surface area contributed by atoms with Crippen LogP contribution in [0.15, 0.2) is 12.1 Å². The molecule has 0 aromatic heterocycles. The first-order chi connectivity index (χ1) is 10.2. The fourth-order valence-corrected chi connectivity index (χ4v) is 3.17. The lowest BCUT2D eigenvalue weighted by Crippen LogP contribution is -2.39. The molecular weight excluding hydrogens is 268 g/mol. The van der Waals surface area contributed by atoms with E-state index in [0.29, 0.717) is 12.0 Å². The number of benzene rings is 1. The Bertz CT molecular complexity index is 497. The Balaban J connectivity index is 1.66. The Morgan fingerprint density at radius 2 is 2.10 bits per heavy atom. The lowest BCUT2D eigenvalue weighted by Gasteiger charge is -2.33. The maximum Gasteiger partial charge on any atom is 0.231 e. The minimum atomic E-state index is 0.273. The van der Waals surface area contributed by atoms with Crippen LogP contribution in [-0.2, 0) is 6.54 Å². The monoisotopic (exact) mass is 292 g/mol. The van der Waals surface area contributed by atoms with E-state index in [-0.39, 0.29) is 6.79 Å². The Kier molecular flexibility index (Phi) is 4.22. The Morgan fingerprint density at radius 3 is 2.76 bits per heavy atom. The zero-order valence-electron chi connectivity index (χ0n) is 12.8. The van der Waals surface area contributed by atoms with Crippen molar-refractivity contribution in [3.8, 4) is 17.2 Å². The summed E-state index contributed by atoms with van der Waals surface area (Å²) >= 11 is 0. The fraction of sp³-hybridized carbons (Fsp3) is 0.625. The summed E-state index contributed by atoms with van der Waals surface area (Å²) in [6.45, 7) is 5.50. The number of likely N-dealkylation sites (tertiary alicyclic amines) is 1. The van der Waals surface area contributed by atoms with Crippen LogP contribution in [-0.4, -0.2) is 37.9 Å². The van der Waals surface area contributed by atoms with Gasteiger partial charge in [0.05, 0.1) is 7.11 Å². The molecule has 0 radical (unpaired) electrons. The molecule has 2 aliphatic heterocycles. The zero-order valence-corrected chi connectivity index (χ0v) is 12.8. The summed E-state index contributed by atoms with van der Waals surface area (Å²) in [7, 11) is 1.66. The van der Waals surface area contributed by atoms with Crippen LogP contribution in [0.4, 0.5) is 0 Å². The summed E-state index contributed by atoms with van der Waals surface area (Å²) in [5, 5.41) is 0. The van der Waals surface area contributed by atoms with E-state index in [1.54, 1.807) is 7.11 Å². The minimum absolute atomic E-state index is 0.273. The van der Waals surface area contributed by atoms with Crippen molar-refractivity contribution in [2.75, 3.05) is 27.0 Å². The first-order valence-electron chi connectivity index (χ1n) is 7.62. The molecule has 3 rings (SSSR count). The molecule has 5 heteroatoms. The number of piperidine rings is 1. The Hall–Kier alpha value is -1.46. The Morgan fingerprint density at radius 1 is 1.33 bits per heavy atom. The van der Waals surface area contributed by atoms with Gasteiger partial charge < -0.3 is 19.9 Å². The number of ether oxygens (including phenoxy) is 3. The van der Waals surface area contributed by atoms with E-state index in [2.05, 4.69) is 17.9 Å². The van der Waals surface area contributed by atoms with Gasteiger partial charge in [-0.05, 0) is 56.5 Å². The van der Waals surface area contributed by atoms with E-state index in [0.717, 1.165) is 36.9 Å². The molecule has 1 fully saturated rings. The predicted molar refractivity (Wildman–Crippen MR) is 80.8 cm³/mol. The highest BCUT2D eigenvalue weighted by atomic mass is 16.7. The number of methoxy groups -OCH3 is 1. The van der Waals surface area contributed by atoms with Crippen molar-refractivity contribution in [3.05, 3.63) is 17.7 Å². The van der Waals surface area contributed by atoms with Crippen LogP contribution >= 0.6 is 0 Å². The van der Waals surface area contributed by atoms with E-state index in [4.69, 9.17) is 19.9 Å². The molecule has 1 saturated heterocycles. The Labute approximate surface area is 126 Å². The SMILES string of the molecule is COc1cc(CN2CCC(C(C)N)CC2)cc2c1OCO2. The molecule has 1 unspecified atom stereocenters. The van der Waals surface area contributed by atoms with Crippen molar-refractivity contribution in [2.24, 2.45) is 11.7 Å². The zero-order chi connectivity index (χ0) is 14.8. The van der Waals surface area contributed by atoms with Gasteiger partial charge in [-0.25, -0.2) is 0 Å². The third-order valence-electron chi connectivity index (χ3n) is 4.50. The van der Waals surface area contributed by atoms with E-state index < -0.39 is 0 Å².